The molecule has 63 heavy (non-hydrogen) atoms. The van der Waals surface area contributed by atoms with Gasteiger partial charge < -0.3 is 4.42 Å². The second kappa shape index (κ2) is 15.2. The van der Waals surface area contributed by atoms with Crippen molar-refractivity contribution in [1.82, 2.24) is 15.0 Å². The minimum atomic E-state index is 0.685. The van der Waals surface area contributed by atoms with Crippen LogP contribution in [0.25, 0.3) is 122 Å². The van der Waals surface area contributed by atoms with Gasteiger partial charge in [-0.15, -0.1) is 0 Å². The van der Waals surface area contributed by atoms with E-state index in [1.807, 2.05) is 36.4 Å². The van der Waals surface area contributed by atoms with Crippen molar-refractivity contribution in [3.63, 3.8) is 0 Å². The molecule has 0 spiro atoms. The highest BCUT2D eigenvalue weighted by molar-refractivity contribution is 6.27. The van der Waals surface area contributed by atoms with E-state index in [1.165, 1.54) is 16.5 Å². The van der Waals surface area contributed by atoms with Gasteiger partial charge in [-0.05, 0) is 52.1 Å². The predicted molar refractivity (Wildman–Crippen MR) is 260 cm³/mol. The Hall–Kier alpha value is -8.47. The van der Waals surface area contributed by atoms with Crippen LogP contribution in [0.15, 0.2) is 229 Å². The molecule has 0 atom stereocenters. The lowest BCUT2D eigenvalue weighted by Gasteiger charge is -2.16. The summed E-state index contributed by atoms with van der Waals surface area (Å²) in [5, 5.41) is 5.54. The number of fused-ring (bicyclic) bond motifs is 6. The van der Waals surface area contributed by atoms with Gasteiger partial charge in [-0.2, -0.15) is 0 Å². The Morgan fingerprint density at radius 1 is 0.286 bits per heavy atom. The number of hydrogen-bond acceptors (Lipinski definition) is 4. The fourth-order valence-corrected chi connectivity index (χ4v) is 9.01. The van der Waals surface area contributed by atoms with Crippen LogP contribution in [0.1, 0.15) is 0 Å². The maximum absolute atomic E-state index is 6.61. The first kappa shape index (κ1) is 36.4. The normalized spacial score (nSPS) is 11.5. The molecule has 0 saturated carbocycles. The molecular formula is C59H37N3O. The van der Waals surface area contributed by atoms with Gasteiger partial charge in [0.1, 0.15) is 11.2 Å². The summed E-state index contributed by atoms with van der Waals surface area (Å²) in [5.41, 5.74) is 16.3. The van der Waals surface area contributed by atoms with Crippen LogP contribution in [-0.2, 0) is 0 Å². The largest absolute Gasteiger partial charge is 0.456 e. The Bertz CT molecular complexity index is 3620. The highest BCUT2D eigenvalue weighted by atomic mass is 16.3. The first-order valence-electron chi connectivity index (χ1n) is 21.3. The van der Waals surface area contributed by atoms with Crippen molar-refractivity contribution in [2.45, 2.75) is 0 Å². The summed E-state index contributed by atoms with van der Waals surface area (Å²) in [7, 11) is 0. The van der Waals surface area contributed by atoms with E-state index >= 15 is 0 Å². The van der Waals surface area contributed by atoms with Crippen LogP contribution in [0.3, 0.4) is 0 Å². The zero-order valence-corrected chi connectivity index (χ0v) is 34.1. The van der Waals surface area contributed by atoms with E-state index in [9.17, 15) is 0 Å². The Balaban J connectivity index is 0.950. The quantitative estimate of drug-likeness (QED) is 0.151. The number of pyridine rings is 1. The molecule has 0 radical (unpaired) electrons. The minimum Gasteiger partial charge on any atom is -0.456 e. The van der Waals surface area contributed by atoms with Crippen molar-refractivity contribution in [2.75, 3.05) is 0 Å². The van der Waals surface area contributed by atoms with Crippen LogP contribution < -0.4 is 0 Å². The van der Waals surface area contributed by atoms with E-state index < -0.39 is 0 Å². The number of hydrogen-bond donors (Lipinski definition) is 0. The van der Waals surface area contributed by atoms with Gasteiger partial charge in [0, 0.05) is 54.7 Å². The first-order valence-corrected chi connectivity index (χ1v) is 21.3. The Kier molecular flexibility index (Phi) is 8.79. The van der Waals surface area contributed by atoms with Crippen molar-refractivity contribution in [3.05, 3.63) is 224 Å². The number of nitrogens with zero attached hydrogens (tertiary/aromatic N) is 3. The molecular weight excluding hydrogens is 767 g/mol. The molecule has 0 unspecified atom stereocenters. The number of para-hydroxylation sites is 2. The fourth-order valence-electron chi connectivity index (χ4n) is 9.01. The van der Waals surface area contributed by atoms with Crippen LogP contribution in [0.4, 0.5) is 0 Å². The first-order chi connectivity index (χ1) is 31.2. The summed E-state index contributed by atoms with van der Waals surface area (Å²) >= 11 is 0. The van der Waals surface area contributed by atoms with Crippen molar-refractivity contribution in [2.24, 2.45) is 0 Å². The maximum atomic E-state index is 6.61. The molecule has 4 nitrogen and oxygen atoms in total. The molecule has 12 aromatic rings. The standard InChI is InChI=1S/C59H37N3O/c1-4-14-38(15-5-1)39-24-30-43(31-25-39)52-37-51(42-16-6-2-7-17-42)61-59(62-52)46-34-28-41(29-35-46)40-26-32-44(33-27-40)55-56-47-20-10-12-22-50(47)60-58(45-18-8-3-9-19-45)49(56)36-54-57(55)48-21-11-13-23-53(48)63-54/h1-37H. The van der Waals surface area contributed by atoms with Crippen molar-refractivity contribution < 1.29 is 4.42 Å². The van der Waals surface area contributed by atoms with Gasteiger partial charge in [-0.1, -0.05) is 200 Å². The average molecular weight is 804 g/mol. The third kappa shape index (κ3) is 6.53. The predicted octanol–water partition coefficient (Wildman–Crippen LogP) is 15.7. The summed E-state index contributed by atoms with van der Waals surface area (Å²) in [4.78, 5) is 15.5. The molecule has 12 rings (SSSR count). The maximum Gasteiger partial charge on any atom is 0.160 e. The average Bonchev–Trinajstić information content (AvgIpc) is 3.74. The van der Waals surface area contributed by atoms with Gasteiger partial charge in [-0.25, -0.2) is 15.0 Å². The molecule has 9 aromatic carbocycles. The van der Waals surface area contributed by atoms with Crippen LogP contribution in [0.5, 0.6) is 0 Å². The summed E-state index contributed by atoms with van der Waals surface area (Å²) < 4.78 is 6.61. The molecule has 0 saturated heterocycles. The SMILES string of the molecule is c1ccc(-c2ccc(-c3cc(-c4ccccc4)nc(-c4ccc(-c5ccc(-c6c7c(cc8c(-c9ccccc9)nc9ccccc9c68)oc6ccccc67)cc5)cc4)n3)cc2)cc1. The molecule has 0 amide bonds. The summed E-state index contributed by atoms with van der Waals surface area (Å²) in [6.07, 6.45) is 0. The van der Waals surface area contributed by atoms with Gasteiger partial charge in [0.05, 0.1) is 22.6 Å². The van der Waals surface area contributed by atoms with Gasteiger partial charge in [0.2, 0.25) is 0 Å². The number of furan rings is 1. The number of rotatable bonds is 7. The van der Waals surface area contributed by atoms with E-state index in [0.717, 1.165) is 99.8 Å². The molecule has 3 heterocycles. The highest BCUT2D eigenvalue weighted by Gasteiger charge is 2.22. The molecule has 0 fully saturated rings. The van der Waals surface area contributed by atoms with Crippen molar-refractivity contribution >= 4 is 43.6 Å². The molecule has 0 aliphatic rings. The molecule has 0 aliphatic heterocycles. The van der Waals surface area contributed by atoms with E-state index in [4.69, 9.17) is 19.4 Å². The van der Waals surface area contributed by atoms with E-state index in [-0.39, 0.29) is 0 Å². The molecule has 3 aromatic heterocycles. The number of aromatic nitrogens is 3. The summed E-state index contributed by atoms with van der Waals surface area (Å²) in [6, 6.07) is 78.5. The Morgan fingerprint density at radius 2 is 0.746 bits per heavy atom. The van der Waals surface area contributed by atoms with Crippen LogP contribution >= 0.6 is 0 Å². The molecule has 0 N–H and O–H groups in total. The highest BCUT2D eigenvalue weighted by Crippen LogP contribution is 2.46. The van der Waals surface area contributed by atoms with E-state index in [2.05, 4.69) is 188 Å². The van der Waals surface area contributed by atoms with E-state index in [0.29, 0.717) is 5.82 Å². The van der Waals surface area contributed by atoms with Gasteiger partial charge in [0.25, 0.3) is 0 Å². The summed E-state index contributed by atoms with van der Waals surface area (Å²) in [6.45, 7) is 0. The van der Waals surface area contributed by atoms with Crippen molar-refractivity contribution in [1.29, 1.82) is 0 Å². The molecule has 0 bridgehead atoms. The smallest absolute Gasteiger partial charge is 0.160 e. The van der Waals surface area contributed by atoms with Crippen LogP contribution in [0, 0.1) is 0 Å². The second-order valence-corrected chi connectivity index (χ2v) is 15.9. The zero-order valence-electron chi connectivity index (χ0n) is 34.1. The zero-order chi connectivity index (χ0) is 41.7. The van der Waals surface area contributed by atoms with Crippen LogP contribution in [-0.4, -0.2) is 15.0 Å². The van der Waals surface area contributed by atoms with E-state index in [1.54, 1.807) is 0 Å². The topological polar surface area (TPSA) is 51.8 Å². The lowest BCUT2D eigenvalue weighted by atomic mass is 9.89. The van der Waals surface area contributed by atoms with Crippen molar-refractivity contribution in [3.8, 4) is 78.5 Å². The molecule has 4 heteroatoms. The molecule has 0 aliphatic carbocycles. The van der Waals surface area contributed by atoms with Crippen LogP contribution in [0.2, 0.25) is 0 Å². The summed E-state index contributed by atoms with van der Waals surface area (Å²) in [5.74, 6) is 0.685. The third-order valence-corrected chi connectivity index (χ3v) is 12.1. The third-order valence-electron chi connectivity index (χ3n) is 12.1. The lowest BCUT2D eigenvalue weighted by molar-refractivity contribution is 0.669. The van der Waals surface area contributed by atoms with Gasteiger partial charge in [0.15, 0.2) is 5.82 Å². The Morgan fingerprint density at radius 3 is 1.38 bits per heavy atom. The Labute approximate surface area is 364 Å². The fraction of sp³-hybridized carbons (Fsp3) is 0. The lowest BCUT2D eigenvalue weighted by Crippen LogP contribution is -1.96. The van der Waals surface area contributed by atoms with Gasteiger partial charge >= 0.3 is 0 Å². The minimum absolute atomic E-state index is 0.685. The van der Waals surface area contributed by atoms with Gasteiger partial charge in [-0.3, -0.25) is 0 Å². The monoisotopic (exact) mass is 803 g/mol. The second-order valence-electron chi connectivity index (χ2n) is 15.9. The number of benzene rings is 9. The molecule has 294 valence electrons.